The van der Waals surface area contributed by atoms with E-state index in [1.54, 1.807) is 0 Å². The fourth-order valence-corrected chi connectivity index (χ4v) is 4.25. The van der Waals surface area contributed by atoms with Gasteiger partial charge >= 0.3 is 8.56 Å². The second-order valence-electron chi connectivity index (χ2n) is 6.66. The van der Waals surface area contributed by atoms with E-state index in [0.29, 0.717) is 0 Å². The Hall–Kier alpha value is 0.0969. The molecule has 3 nitrogen and oxygen atoms in total. The summed E-state index contributed by atoms with van der Waals surface area (Å²) in [5.74, 6) is 0. The van der Waals surface area contributed by atoms with E-state index >= 15 is 0 Å². The largest absolute Gasteiger partial charge is 0.394 e. The van der Waals surface area contributed by atoms with Gasteiger partial charge in [0, 0.05) is 13.2 Å². The van der Waals surface area contributed by atoms with Crippen LogP contribution in [0.4, 0.5) is 0 Å². The molecule has 0 N–H and O–H groups in total. The molecule has 0 saturated heterocycles. The van der Waals surface area contributed by atoms with E-state index in [1.807, 2.05) is 0 Å². The molecule has 0 aromatic heterocycles. The highest BCUT2D eigenvalue weighted by molar-refractivity contribution is 6.66. The Labute approximate surface area is 122 Å². The third-order valence-electron chi connectivity index (χ3n) is 3.27. The molecule has 0 saturated carbocycles. The van der Waals surface area contributed by atoms with Gasteiger partial charge in [0.2, 0.25) is 0 Å². The van der Waals surface area contributed by atoms with E-state index in [2.05, 4.69) is 41.5 Å². The van der Waals surface area contributed by atoms with Crippen LogP contribution in [0.2, 0.25) is 12.6 Å². The van der Waals surface area contributed by atoms with Crippen molar-refractivity contribution in [3.8, 4) is 0 Å². The van der Waals surface area contributed by atoms with E-state index in [9.17, 15) is 0 Å². The van der Waals surface area contributed by atoms with Crippen LogP contribution in [-0.4, -0.2) is 53.9 Å². The average Bonchev–Trinajstić information content (AvgIpc) is 2.28. The molecule has 0 amide bonds. The molecule has 0 aliphatic carbocycles. The molecule has 0 fully saturated rings. The van der Waals surface area contributed by atoms with Crippen molar-refractivity contribution in [3.63, 3.8) is 0 Å². The predicted molar refractivity (Wildman–Crippen MR) is 85.7 cm³/mol. The molecule has 0 rings (SSSR count). The highest BCUT2D eigenvalue weighted by Crippen LogP contribution is 2.18. The maximum Gasteiger partial charge on any atom is 0.335 e. The summed E-state index contributed by atoms with van der Waals surface area (Å²) >= 11 is 0. The van der Waals surface area contributed by atoms with Gasteiger partial charge < -0.3 is 13.3 Å². The van der Waals surface area contributed by atoms with Crippen molar-refractivity contribution in [3.05, 3.63) is 0 Å². The van der Waals surface area contributed by atoms with Crippen molar-refractivity contribution in [1.29, 1.82) is 0 Å². The first kappa shape index (κ1) is 19.1. The molecule has 0 radical (unpaired) electrons. The zero-order valence-corrected chi connectivity index (χ0v) is 15.1. The van der Waals surface area contributed by atoms with Crippen LogP contribution in [-0.2, 0) is 8.85 Å². The first-order valence-corrected chi connectivity index (χ1v) is 10.4. The summed E-state index contributed by atoms with van der Waals surface area (Å²) in [5.41, 5.74) is 0. The van der Waals surface area contributed by atoms with Crippen LogP contribution in [0.25, 0.3) is 0 Å². The average molecular weight is 291 g/mol. The smallest absolute Gasteiger partial charge is 0.335 e. The van der Waals surface area contributed by atoms with Gasteiger partial charge in [0.15, 0.2) is 0 Å². The standard InChI is InChI=1S/C15H36NO2Si/c1-7-9-13-17-19(6,18-14-10-8-2)15-11-12-16(3,4)5/h7-15H2,1-6H3/q+1. The van der Waals surface area contributed by atoms with Gasteiger partial charge in [-0.15, -0.1) is 0 Å². The molecule has 4 heteroatoms. The van der Waals surface area contributed by atoms with Gasteiger partial charge in [-0.3, -0.25) is 0 Å². The summed E-state index contributed by atoms with van der Waals surface area (Å²) in [6, 6.07) is 1.12. The van der Waals surface area contributed by atoms with Crippen molar-refractivity contribution in [1.82, 2.24) is 0 Å². The van der Waals surface area contributed by atoms with Crippen LogP contribution in [0.3, 0.4) is 0 Å². The minimum atomic E-state index is -1.93. The predicted octanol–water partition coefficient (Wildman–Crippen LogP) is 3.79. The van der Waals surface area contributed by atoms with Crippen LogP contribution >= 0.6 is 0 Å². The second kappa shape index (κ2) is 9.92. The lowest BCUT2D eigenvalue weighted by atomic mass is 10.4. The SMILES string of the molecule is CCCCO[Si](C)(CCC[N+](C)(C)C)OCCCC. The van der Waals surface area contributed by atoms with E-state index in [-0.39, 0.29) is 0 Å². The molecule has 0 aliphatic rings. The Bertz CT molecular complexity index is 207. The molecule has 19 heavy (non-hydrogen) atoms. The van der Waals surface area contributed by atoms with E-state index in [4.69, 9.17) is 8.85 Å². The van der Waals surface area contributed by atoms with Gasteiger partial charge in [0.05, 0.1) is 27.7 Å². The van der Waals surface area contributed by atoms with Crippen molar-refractivity contribution >= 4 is 8.56 Å². The normalized spacial score (nSPS) is 12.9. The monoisotopic (exact) mass is 290 g/mol. The summed E-state index contributed by atoms with van der Waals surface area (Å²) < 4.78 is 13.3. The summed E-state index contributed by atoms with van der Waals surface area (Å²) in [5, 5.41) is 0. The van der Waals surface area contributed by atoms with E-state index < -0.39 is 8.56 Å². The van der Waals surface area contributed by atoms with Crippen molar-refractivity contribution in [2.75, 3.05) is 40.9 Å². The maximum absolute atomic E-state index is 6.14. The number of quaternary nitrogens is 1. The number of unbranched alkanes of at least 4 members (excludes halogenated alkanes) is 2. The lowest BCUT2D eigenvalue weighted by Gasteiger charge is -2.29. The lowest BCUT2D eigenvalue weighted by molar-refractivity contribution is -0.870. The van der Waals surface area contributed by atoms with Gasteiger partial charge in [-0.25, -0.2) is 0 Å². The molecule has 0 aromatic rings. The molecular formula is C15H36NO2Si+. The molecule has 0 atom stereocenters. The van der Waals surface area contributed by atoms with Crippen molar-refractivity contribution < 1.29 is 13.3 Å². The summed E-state index contributed by atoms with van der Waals surface area (Å²) in [4.78, 5) is 0. The Balaban J connectivity index is 4.14. The third kappa shape index (κ3) is 11.6. The quantitative estimate of drug-likeness (QED) is 0.309. The first-order valence-electron chi connectivity index (χ1n) is 7.91. The molecule has 0 spiro atoms. The van der Waals surface area contributed by atoms with Crippen LogP contribution < -0.4 is 0 Å². The van der Waals surface area contributed by atoms with Gasteiger partial charge in [-0.05, 0) is 31.9 Å². The van der Waals surface area contributed by atoms with Gasteiger partial charge in [0.1, 0.15) is 0 Å². The fourth-order valence-electron chi connectivity index (χ4n) is 1.93. The van der Waals surface area contributed by atoms with E-state index in [0.717, 1.165) is 36.6 Å². The van der Waals surface area contributed by atoms with Gasteiger partial charge in [-0.1, -0.05) is 26.7 Å². The molecular weight excluding hydrogens is 254 g/mol. The summed E-state index contributed by atoms with van der Waals surface area (Å²) in [6.07, 6.45) is 5.88. The minimum Gasteiger partial charge on any atom is -0.394 e. The molecule has 116 valence electrons. The molecule has 0 bridgehead atoms. The van der Waals surface area contributed by atoms with Gasteiger partial charge in [-0.2, -0.15) is 0 Å². The van der Waals surface area contributed by atoms with Crippen LogP contribution in [0.1, 0.15) is 46.0 Å². The zero-order chi connectivity index (χ0) is 14.8. The molecule has 0 heterocycles. The Morgan fingerprint density at radius 3 is 1.68 bits per heavy atom. The lowest BCUT2D eigenvalue weighted by Crippen LogP contribution is -2.42. The minimum absolute atomic E-state index is 0.871. The van der Waals surface area contributed by atoms with Crippen molar-refractivity contribution in [2.24, 2.45) is 0 Å². The van der Waals surface area contributed by atoms with Crippen LogP contribution in [0, 0.1) is 0 Å². The van der Waals surface area contributed by atoms with Crippen LogP contribution in [0.5, 0.6) is 0 Å². The first-order chi connectivity index (χ1) is 8.83. The summed E-state index contributed by atoms with van der Waals surface area (Å²) in [6.45, 7) is 9.59. The Morgan fingerprint density at radius 2 is 1.32 bits per heavy atom. The highest BCUT2D eigenvalue weighted by atomic mass is 28.4. The maximum atomic E-state index is 6.14. The van der Waals surface area contributed by atoms with E-state index in [1.165, 1.54) is 25.8 Å². The number of hydrogen-bond acceptors (Lipinski definition) is 2. The topological polar surface area (TPSA) is 18.5 Å². The Kier molecular flexibility index (Phi) is 9.97. The second-order valence-corrected chi connectivity index (χ2v) is 10.0. The Morgan fingerprint density at radius 1 is 0.842 bits per heavy atom. The molecule has 0 aliphatic heterocycles. The van der Waals surface area contributed by atoms with Crippen LogP contribution in [0.15, 0.2) is 0 Å². The molecule has 0 unspecified atom stereocenters. The number of hydrogen-bond donors (Lipinski definition) is 0. The fraction of sp³-hybridized carbons (Fsp3) is 1.00. The highest BCUT2D eigenvalue weighted by Gasteiger charge is 2.31. The van der Waals surface area contributed by atoms with Gasteiger partial charge in [0.25, 0.3) is 0 Å². The summed E-state index contributed by atoms with van der Waals surface area (Å²) in [7, 11) is 4.80. The zero-order valence-electron chi connectivity index (χ0n) is 14.1. The number of rotatable bonds is 12. The number of nitrogens with zero attached hydrogens (tertiary/aromatic N) is 1. The van der Waals surface area contributed by atoms with Crippen molar-refractivity contribution in [2.45, 2.75) is 58.5 Å². The third-order valence-corrected chi connectivity index (χ3v) is 6.16. The molecule has 0 aromatic carbocycles.